The minimum atomic E-state index is -0.132. The van der Waals surface area contributed by atoms with Gasteiger partial charge in [0, 0.05) is 24.9 Å². The summed E-state index contributed by atoms with van der Waals surface area (Å²) in [4.78, 5) is 11.8. The first-order valence-corrected chi connectivity index (χ1v) is 7.80. The van der Waals surface area contributed by atoms with Crippen molar-refractivity contribution < 1.29 is 4.79 Å². The normalized spacial score (nSPS) is 11.6. The first-order chi connectivity index (χ1) is 10.7. The van der Waals surface area contributed by atoms with Gasteiger partial charge in [-0.1, -0.05) is 67.6 Å². The van der Waals surface area contributed by atoms with Gasteiger partial charge in [0.1, 0.15) is 0 Å². The highest BCUT2D eigenvalue weighted by molar-refractivity contribution is 5.85. The van der Waals surface area contributed by atoms with Gasteiger partial charge >= 0.3 is 0 Å². The Balaban J connectivity index is 0.00000264. The monoisotopic (exact) mass is 332 g/mol. The van der Waals surface area contributed by atoms with Crippen molar-refractivity contribution in [2.24, 2.45) is 11.7 Å². The van der Waals surface area contributed by atoms with Crippen LogP contribution < -0.4 is 11.1 Å². The standard InChI is InChI=1S/C19H24N2O.ClH/c1-15(14-20)19(22)21-13-12-18(16-8-4-2-5-9-16)17-10-6-3-7-11-17;/h2-11,15,18H,12-14,20H2,1H3,(H,21,22);1H. The van der Waals surface area contributed by atoms with E-state index < -0.39 is 0 Å². The highest BCUT2D eigenvalue weighted by Gasteiger charge is 2.15. The van der Waals surface area contributed by atoms with Crippen LogP contribution in [-0.4, -0.2) is 19.0 Å². The number of hydrogen-bond donors (Lipinski definition) is 2. The number of carbonyl (C=O) groups excluding carboxylic acids is 1. The van der Waals surface area contributed by atoms with Crippen LogP contribution in [0.1, 0.15) is 30.4 Å². The van der Waals surface area contributed by atoms with E-state index in [0.717, 1.165) is 6.42 Å². The number of carbonyl (C=O) groups is 1. The van der Waals surface area contributed by atoms with Crippen molar-refractivity contribution in [3.8, 4) is 0 Å². The number of hydrogen-bond acceptors (Lipinski definition) is 2. The fourth-order valence-corrected chi connectivity index (χ4v) is 2.52. The second kappa shape index (κ2) is 10.0. The summed E-state index contributed by atoms with van der Waals surface area (Å²) in [5.74, 6) is 0.185. The van der Waals surface area contributed by atoms with Crippen LogP contribution in [0, 0.1) is 5.92 Å². The van der Waals surface area contributed by atoms with E-state index in [4.69, 9.17) is 5.73 Å². The van der Waals surface area contributed by atoms with E-state index in [0.29, 0.717) is 13.1 Å². The molecule has 2 rings (SSSR count). The minimum Gasteiger partial charge on any atom is -0.356 e. The molecule has 0 aromatic heterocycles. The van der Waals surface area contributed by atoms with Crippen molar-refractivity contribution >= 4 is 18.3 Å². The first-order valence-electron chi connectivity index (χ1n) is 7.80. The van der Waals surface area contributed by atoms with Gasteiger partial charge < -0.3 is 11.1 Å². The molecule has 1 amide bonds. The molecule has 3 N–H and O–H groups in total. The molecule has 0 saturated heterocycles. The van der Waals surface area contributed by atoms with E-state index in [2.05, 4.69) is 53.8 Å². The quantitative estimate of drug-likeness (QED) is 0.817. The Kier molecular flexibility index (Phi) is 8.38. The van der Waals surface area contributed by atoms with Crippen molar-refractivity contribution in [2.45, 2.75) is 19.3 Å². The lowest BCUT2D eigenvalue weighted by molar-refractivity contribution is -0.124. The molecule has 0 heterocycles. The van der Waals surface area contributed by atoms with Crippen molar-refractivity contribution in [1.82, 2.24) is 5.32 Å². The van der Waals surface area contributed by atoms with Crippen LogP contribution in [-0.2, 0) is 4.79 Å². The lowest BCUT2D eigenvalue weighted by Gasteiger charge is -2.19. The molecule has 0 bridgehead atoms. The molecule has 0 radical (unpaired) electrons. The van der Waals surface area contributed by atoms with Crippen LogP contribution in [0.5, 0.6) is 0 Å². The van der Waals surface area contributed by atoms with Crippen molar-refractivity contribution in [3.63, 3.8) is 0 Å². The highest BCUT2D eigenvalue weighted by Crippen LogP contribution is 2.27. The zero-order chi connectivity index (χ0) is 15.8. The van der Waals surface area contributed by atoms with Crippen LogP contribution in [0.25, 0.3) is 0 Å². The van der Waals surface area contributed by atoms with Crippen LogP contribution in [0.3, 0.4) is 0 Å². The second-order valence-corrected chi connectivity index (χ2v) is 5.59. The molecule has 124 valence electrons. The highest BCUT2D eigenvalue weighted by atomic mass is 35.5. The van der Waals surface area contributed by atoms with Gasteiger partial charge in [0.25, 0.3) is 0 Å². The Morgan fingerprint density at radius 2 is 1.48 bits per heavy atom. The number of nitrogens with one attached hydrogen (secondary N) is 1. The molecule has 4 heteroatoms. The third kappa shape index (κ3) is 5.70. The average Bonchev–Trinajstić information content (AvgIpc) is 2.59. The molecule has 0 aliphatic heterocycles. The van der Waals surface area contributed by atoms with Gasteiger partial charge in [0.2, 0.25) is 5.91 Å². The molecule has 0 saturated carbocycles. The molecular formula is C19H25ClN2O. The second-order valence-electron chi connectivity index (χ2n) is 5.59. The fraction of sp³-hybridized carbons (Fsp3) is 0.316. The average molecular weight is 333 g/mol. The van der Waals surface area contributed by atoms with Gasteiger partial charge in [-0.15, -0.1) is 12.4 Å². The Hall–Kier alpha value is -1.84. The molecular weight excluding hydrogens is 308 g/mol. The Bertz CT molecular complexity index is 535. The van der Waals surface area contributed by atoms with Gasteiger partial charge in [-0.25, -0.2) is 0 Å². The van der Waals surface area contributed by atoms with Crippen LogP contribution in [0.4, 0.5) is 0 Å². The lowest BCUT2D eigenvalue weighted by atomic mass is 9.88. The summed E-state index contributed by atoms with van der Waals surface area (Å²) in [5.41, 5.74) is 8.07. The van der Waals surface area contributed by atoms with Crippen LogP contribution in [0.2, 0.25) is 0 Å². The van der Waals surface area contributed by atoms with Gasteiger partial charge in [-0.2, -0.15) is 0 Å². The van der Waals surface area contributed by atoms with E-state index in [1.54, 1.807) is 0 Å². The van der Waals surface area contributed by atoms with E-state index in [1.807, 2.05) is 19.1 Å². The predicted octanol–water partition coefficient (Wildman–Crippen LogP) is 3.34. The summed E-state index contributed by atoms with van der Waals surface area (Å²) in [6.07, 6.45) is 0.872. The summed E-state index contributed by atoms with van der Waals surface area (Å²) < 4.78 is 0. The molecule has 0 fully saturated rings. The number of halogens is 1. The number of amides is 1. The topological polar surface area (TPSA) is 55.1 Å². The summed E-state index contributed by atoms with van der Waals surface area (Å²) in [6, 6.07) is 20.8. The Labute approximate surface area is 144 Å². The maximum Gasteiger partial charge on any atom is 0.224 e. The maximum absolute atomic E-state index is 11.8. The van der Waals surface area contributed by atoms with E-state index in [-0.39, 0.29) is 30.2 Å². The molecule has 23 heavy (non-hydrogen) atoms. The minimum absolute atomic E-state index is 0. The largest absolute Gasteiger partial charge is 0.356 e. The van der Waals surface area contributed by atoms with Gasteiger partial charge in [0.15, 0.2) is 0 Å². The van der Waals surface area contributed by atoms with Crippen molar-refractivity contribution in [2.75, 3.05) is 13.1 Å². The SMILES string of the molecule is CC(CN)C(=O)NCCC(c1ccccc1)c1ccccc1.Cl. The van der Waals surface area contributed by atoms with Gasteiger partial charge in [0.05, 0.1) is 0 Å². The van der Waals surface area contributed by atoms with Crippen LogP contribution >= 0.6 is 12.4 Å². The molecule has 0 aliphatic carbocycles. The number of nitrogens with two attached hydrogens (primary N) is 1. The Morgan fingerprint density at radius 3 is 1.91 bits per heavy atom. The lowest BCUT2D eigenvalue weighted by Crippen LogP contribution is -2.34. The molecule has 0 aliphatic rings. The molecule has 0 spiro atoms. The van der Waals surface area contributed by atoms with E-state index in [9.17, 15) is 4.79 Å². The Morgan fingerprint density at radius 1 is 1.00 bits per heavy atom. The summed E-state index contributed by atoms with van der Waals surface area (Å²) >= 11 is 0. The van der Waals surface area contributed by atoms with Crippen molar-refractivity contribution in [1.29, 1.82) is 0 Å². The third-order valence-corrected chi connectivity index (χ3v) is 3.94. The molecule has 3 nitrogen and oxygen atoms in total. The number of benzene rings is 2. The number of rotatable bonds is 7. The zero-order valence-corrected chi connectivity index (χ0v) is 14.3. The molecule has 1 atom stereocenters. The van der Waals surface area contributed by atoms with E-state index in [1.165, 1.54) is 11.1 Å². The third-order valence-electron chi connectivity index (χ3n) is 3.94. The van der Waals surface area contributed by atoms with Crippen LogP contribution in [0.15, 0.2) is 60.7 Å². The summed E-state index contributed by atoms with van der Waals surface area (Å²) in [6.45, 7) is 2.88. The fourth-order valence-electron chi connectivity index (χ4n) is 2.52. The maximum atomic E-state index is 11.8. The van der Waals surface area contributed by atoms with Gasteiger partial charge in [-0.05, 0) is 17.5 Å². The van der Waals surface area contributed by atoms with Gasteiger partial charge in [-0.3, -0.25) is 4.79 Å². The molecule has 1 unspecified atom stereocenters. The first kappa shape index (κ1) is 19.2. The smallest absolute Gasteiger partial charge is 0.224 e. The zero-order valence-electron chi connectivity index (χ0n) is 13.4. The summed E-state index contributed by atoms with van der Waals surface area (Å²) in [5, 5.41) is 2.98. The molecule has 2 aromatic rings. The predicted molar refractivity (Wildman–Crippen MR) is 97.8 cm³/mol. The van der Waals surface area contributed by atoms with Crippen molar-refractivity contribution in [3.05, 3.63) is 71.8 Å². The summed E-state index contributed by atoms with van der Waals surface area (Å²) in [7, 11) is 0. The molecule has 2 aromatic carbocycles. The van der Waals surface area contributed by atoms with E-state index >= 15 is 0 Å².